The van der Waals surface area contributed by atoms with Gasteiger partial charge in [0.2, 0.25) is 5.91 Å². The Morgan fingerprint density at radius 2 is 2.21 bits per heavy atom. The molecule has 6 heteroatoms. The predicted molar refractivity (Wildman–Crippen MR) is 109 cm³/mol. The lowest BCUT2D eigenvalue weighted by molar-refractivity contribution is -0.133. The zero-order chi connectivity index (χ0) is 20.1. The largest absolute Gasteiger partial charge is 0.379 e. The van der Waals surface area contributed by atoms with Gasteiger partial charge in [0.25, 0.3) is 0 Å². The molecule has 1 amide bonds. The second-order valence-corrected chi connectivity index (χ2v) is 8.71. The fraction of sp³-hybridized carbons (Fsp3) is 0.727. The van der Waals surface area contributed by atoms with Crippen LogP contribution in [0.2, 0.25) is 0 Å². The predicted octanol–water partition coefficient (Wildman–Crippen LogP) is 2.59. The molecular formula is C22H35N3O3. The third kappa shape index (κ3) is 4.73. The number of aromatic nitrogens is 1. The van der Waals surface area contributed by atoms with E-state index in [0.29, 0.717) is 31.2 Å². The highest BCUT2D eigenvalue weighted by atomic mass is 16.5. The van der Waals surface area contributed by atoms with Gasteiger partial charge in [-0.1, -0.05) is 19.9 Å². The fourth-order valence-electron chi connectivity index (χ4n) is 4.72. The molecule has 1 aliphatic heterocycles. The summed E-state index contributed by atoms with van der Waals surface area (Å²) in [5.74, 6) is 0.464. The molecule has 28 heavy (non-hydrogen) atoms. The monoisotopic (exact) mass is 389 g/mol. The van der Waals surface area contributed by atoms with E-state index >= 15 is 0 Å². The van der Waals surface area contributed by atoms with Crippen molar-refractivity contribution in [3.8, 4) is 0 Å². The number of amides is 1. The van der Waals surface area contributed by atoms with Crippen LogP contribution in [-0.2, 0) is 20.8 Å². The topological polar surface area (TPSA) is 72.5 Å². The molecule has 6 nitrogen and oxygen atoms in total. The van der Waals surface area contributed by atoms with E-state index in [0.717, 1.165) is 43.4 Å². The molecule has 1 aliphatic carbocycles. The Kier molecular flexibility index (Phi) is 7.07. The second-order valence-electron chi connectivity index (χ2n) is 8.71. The number of methoxy groups -OCH3 is 1. The fourth-order valence-corrected chi connectivity index (χ4v) is 4.72. The van der Waals surface area contributed by atoms with Crippen molar-refractivity contribution in [3.05, 3.63) is 29.6 Å². The highest BCUT2D eigenvalue weighted by Crippen LogP contribution is 2.45. The lowest BCUT2D eigenvalue weighted by Crippen LogP contribution is -2.51. The van der Waals surface area contributed by atoms with Crippen molar-refractivity contribution in [2.24, 2.45) is 11.3 Å². The maximum Gasteiger partial charge on any atom is 0.226 e. The Labute approximate surface area is 168 Å². The molecule has 2 aliphatic rings. The Hall–Kier alpha value is -1.50. The van der Waals surface area contributed by atoms with Crippen LogP contribution in [0.4, 0.5) is 0 Å². The van der Waals surface area contributed by atoms with Gasteiger partial charge in [0.05, 0.1) is 18.1 Å². The first-order valence-electron chi connectivity index (χ1n) is 10.5. The van der Waals surface area contributed by atoms with Crippen molar-refractivity contribution in [2.45, 2.75) is 71.2 Å². The molecule has 1 aromatic heterocycles. The van der Waals surface area contributed by atoms with E-state index in [1.165, 1.54) is 0 Å². The molecule has 156 valence electrons. The van der Waals surface area contributed by atoms with Gasteiger partial charge in [0.15, 0.2) is 0 Å². The minimum Gasteiger partial charge on any atom is -0.379 e. The summed E-state index contributed by atoms with van der Waals surface area (Å²) in [6.07, 6.45) is 7.51. The van der Waals surface area contributed by atoms with E-state index in [2.05, 4.69) is 35.5 Å². The number of carbonyl (C=O) groups is 1. The number of pyridine rings is 1. The third-order valence-electron chi connectivity index (χ3n) is 6.55. The van der Waals surface area contributed by atoms with Crippen LogP contribution in [0, 0.1) is 18.3 Å². The molecule has 0 bridgehead atoms. The summed E-state index contributed by atoms with van der Waals surface area (Å²) >= 11 is 0. The summed E-state index contributed by atoms with van der Waals surface area (Å²) in [6, 6.07) is 2.72. The first-order chi connectivity index (χ1) is 13.4. The van der Waals surface area contributed by atoms with Crippen LogP contribution in [0.1, 0.15) is 50.7 Å². The van der Waals surface area contributed by atoms with E-state index in [1.54, 1.807) is 7.11 Å². The lowest BCUT2D eigenvalue weighted by atomic mass is 9.74. The molecule has 4 atom stereocenters. The average molecular weight is 390 g/mol. The van der Waals surface area contributed by atoms with Gasteiger partial charge in [-0.3, -0.25) is 9.78 Å². The smallest absolute Gasteiger partial charge is 0.226 e. The Balaban J connectivity index is 1.61. The maximum absolute atomic E-state index is 13.2. The van der Waals surface area contributed by atoms with Crippen LogP contribution >= 0.6 is 0 Å². The number of nitrogens with zero attached hydrogens (tertiary/aromatic N) is 1. The minimum absolute atomic E-state index is 0.0884. The molecule has 0 spiro atoms. The van der Waals surface area contributed by atoms with E-state index in [9.17, 15) is 4.79 Å². The number of carbonyl (C=O) groups excluding carboxylic acids is 1. The minimum atomic E-state index is -0.317. The zero-order valence-corrected chi connectivity index (χ0v) is 17.7. The molecule has 2 N–H and O–H groups in total. The molecule has 3 rings (SSSR count). The average Bonchev–Trinajstić information content (AvgIpc) is 3.12. The quantitative estimate of drug-likeness (QED) is 0.750. The van der Waals surface area contributed by atoms with Gasteiger partial charge >= 0.3 is 0 Å². The van der Waals surface area contributed by atoms with Gasteiger partial charge in [-0.05, 0) is 49.7 Å². The van der Waals surface area contributed by atoms with Crippen molar-refractivity contribution in [1.82, 2.24) is 15.6 Å². The van der Waals surface area contributed by atoms with Crippen LogP contribution in [0.15, 0.2) is 18.5 Å². The molecule has 2 fully saturated rings. The van der Waals surface area contributed by atoms with Crippen molar-refractivity contribution in [1.29, 1.82) is 0 Å². The van der Waals surface area contributed by atoms with Crippen LogP contribution in [0.5, 0.6) is 0 Å². The number of ether oxygens (including phenoxy) is 2. The van der Waals surface area contributed by atoms with Gasteiger partial charge in [-0.2, -0.15) is 0 Å². The summed E-state index contributed by atoms with van der Waals surface area (Å²) in [5.41, 5.74) is 1.84. The van der Waals surface area contributed by atoms with Crippen molar-refractivity contribution in [3.63, 3.8) is 0 Å². The lowest BCUT2D eigenvalue weighted by Gasteiger charge is -2.35. The molecule has 0 radical (unpaired) electrons. The number of aryl methyl sites for hydroxylation is 1. The Bertz CT molecular complexity index is 666. The highest BCUT2D eigenvalue weighted by molar-refractivity contribution is 5.83. The molecule has 1 saturated carbocycles. The van der Waals surface area contributed by atoms with Gasteiger partial charge < -0.3 is 20.1 Å². The third-order valence-corrected chi connectivity index (χ3v) is 6.55. The Morgan fingerprint density at radius 1 is 1.39 bits per heavy atom. The molecule has 1 aromatic rings. The van der Waals surface area contributed by atoms with Gasteiger partial charge in [0, 0.05) is 44.7 Å². The first kappa shape index (κ1) is 21.2. The van der Waals surface area contributed by atoms with Crippen LogP contribution < -0.4 is 10.6 Å². The van der Waals surface area contributed by atoms with Crippen LogP contribution in [-0.4, -0.2) is 49.4 Å². The maximum atomic E-state index is 13.2. The summed E-state index contributed by atoms with van der Waals surface area (Å²) in [6.45, 7) is 8.30. The molecule has 2 heterocycles. The summed E-state index contributed by atoms with van der Waals surface area (Å²) in [4.78, 5) is 17.4. The number of hydrogen-bond donors (Lipinski definition) is 2. The summed E-state index contributed by atoms with van der Waals surface area (Å²) in [5, 5.41) is 6.95. The number of rotatable bonds is 7. The summed E-state index contributed by atoms with van der Waals surface area (Å²) in [7, 11) is 1.74. The van der Waals surface area contributed by atoms with Crippen molar-refractivity contribution in [2.75, 3.05) is 20.3 Å². The first-order valence-corrected chi connectivity index (χ1v) is 10.5. The summed E-state index contributed by atoms with van der Waals surface area (Å²) < 4.78 is 11.1. The highest BCUT2D eigenvalue weighted by Gasteiger charge is 2.48. The number of nitrogens with one attached hydrogen (secondary N) is 2. The SMILES string of the molecule is COC1COCCC1N[C@@H]1CC[C@@](C(=O)NCc2cncc(C)c2)(C(C)C)C1. The van der Waals surface area contributed by atoms with Crippen molar-refractivity contribution >= 4 is 5.91 Å². The molecule has 1 saturated heterocycles. The van der Waals surface area contributed by atoms with Gasteiger partial charge in [0.1, 0.15) is 0 Å². The van der Waals surface area contributed by atoms with E-state index < -0.39 is 0 Å². The van der Waals surface area contributed by atoms with Crippen LogP contribution in [0.3, 0.4) is 0 Å². The van der Waals surface area contributed by atoms with E-state index in [4.69, 9.17) is 9.47 Å². The Morgan fingerprint density at radius 3 is 2.93 bits per heavy atom. The van der Waals surface area contributed by atoms with Crippen LogP contribution in [0.25, 0.3) is 0 Å². The van der Waals surface area contributed by atoms with Gasteiger partial charge in [-0.25, -0.2) is 0 Å². The number of hydrogen-bond acceptors (Lipinski definition) is 5. The normalized spacial score (nSPS) is 30.5. The van der Waals surface area contributed by atoms with Crippen molar-refractivity contribution < 1.29 is 14.3 Å². The molecule has 0 aromatic carbocycles. The van der Waals surface area contributed by atoms with Gasteiger partial charge in [-0.15, -0.1) is 0 Å². The second kappa shape index (κ2) is 9.33. The molecule has 2 unspecified atom stereocenters. The molecular weight excluding hydrogens is 354 g/mol. The zero-order valence-electron chi connectivity index (χ0n) is 17.7. The standard InChI is InChI=1S/C22H35N3O3/c1-15(2)22(21(26)24-13-17-9-16(3)11-23-12-17)7-5-18(10-22)25-19-6-8-28-14-20(19)27-4/h9,11-12,15,18-20,25H,5-8,10,13-14H2,1-4H3,(H,24,26)/t18-,19?,20?,22+/m1/s1. The van der Waals surface area contributed by atoms with E-state index in [1.807, 2.05) is 19.3 Å². The van der Waals surface area contributed by atoms with E-state index in [-0.39, 0.29) is 17.4 Å².